The molecule has 106 valence electrons. The lowest BCUT2D eigenvalue weighted by Gasteiger charge is -2.08. The van der Waals surface area contributed by atoms with E-state index < -0.39 is 10.0 Å². The Bertz CT molecular complexity index is 684. The molecule has 0 aromatic heterocycles. The van der Waals surface area contributed by atoms with Gasteiger partial charge in [0.2, 0.25) is 10.0 Å². The van der Waals surface area contributed by atoms with E-state index in [0.29, 0.717) is 18.0 Å². The van der Waals surface area contributed by atoms with E-state index in [4.69, 9.17) is 11.6 Å². The molecule has 0 heterocycles. The molecular weight excluding hydrogens is 294 g/mol. The van der Waals surface area contributed by atoms with Crippen molar-refractivity contribution in [1.82, 2.24) is 4.72 Å². The van der Waals surface area contributed by atoms with Crippen molar-refractivity contribution in [3.05, 3.63) is 64.7 Å². The minimum Gasteiger partial charge on any atom is -0.211 e. The number of aryl methyl sites for hydroxylation is 1. The monoisotopic (exact) mass is 309 g/mol. The SMILES string of the molecule is Cc1ccc(S(=O)(=O)NCCc2ccccc2)cc1Cl. The molecule has 0 spiro atoms. The van der Waals surface area contributed by atoms with Gasteiger partial charge in [-0.3, -0.25) is 0 Å². The predicted octanol–water partition coefficient (Wildman–Crippen LogP) is 3.17. The highest BCUT2D eigenvalue weighted by Crippen LogP contribution is 2.19. The molecule has 0 fully saturated rings. The second-order valence-electron chi connectivity index (χ2n) is 4.54. The van der Waals surface area contributed by atoms with Gasteiger partial charge in [0.15, 0.2) is 0 Å². The molecule has 2 rings (SSSR count). The third kappa shape index (κ3) is 3.82. The van der Waals surface area contributed by atoms with Crippen LogP contribution in [0.15, 0.2) is 53.4 Å². The fraction of sp³-hybridized carbons (Fsp3) is 0.200. The number of benzene rings is 2. The van der Waals surface area contributed by atoms with E-state index >= 15 is 0 Å². The van der Waals surface area contributed by atoms with Crippen molar-refractivity contribution in [3.8, 4) is 0 Å². The van der Waals surface area contributed by atoms with Crippen LogP contribution in [0.25, 0.3) is 0 Å². The molecule has 0 aliphatic rings. The summed E-state index contributed by atoms with van der Waals surface area (Å²) in [6, 6.07) is 14.5. The van der Waals surface area contributed by atoms with Crippen molar-refractivity contribution in [1.29, 1.82) is 0 Å². The van der Waals surface area contributed by atoms with Gasteiger partial charge in [-0.05, 0) is 36.6 Å². The molecule has 0 unspecified atom stereocenters. The van der Waals surface area contributed by atoms with Crippen LogP contribution in [-0.2, 0) is 16.4 Å². The topological polar surface area (TPSA) is 46.2 Å². The highest BCUT2D eigenvalue weighted by Gasteiger charge is 2.14. The zero-order valence-corrected chi connectivity index (χ0v) is 12.7. The van der Waals surface area contributed by atoms with Crippen LogP contribution in [0.5, 0.6) is 0 Å². The zero-order valence-electron chi connectivity index (χ0n) is 11.1. The predicted molar refractivity (Wildman–Crippen MR) is 81.5 cm³/mol. The minimum atomic E-state index is -3.50. The van der Waals surface area contributed by atoms with Gasteiger partial charge < -0.3 is 0 Å². The van der Waals surface area contributed by atoms with Crippen molar-refractivity contribution in [2.75, 3.05) is 6.54 Å². The van der Waals surface area contributed by atoms with Crippen LogP contribution >= 0.6 is 11.6 Å². The molecule has 1 N–H and O–H groups in total. The average Bonchev–Trinajstić information content (AvgIpc) is 2.43. The first-order chi connectivity index (χ1) is 9.49. The quantitative estimate of drug-likeness (QED) is 0.922. The first kappa shape index (κ1) is 15.0. The van der Waals surface area contributed by atoms with Crippen LogP contribution < -0.4 is 4.72 Å². The Kier molecular flexibility index (Phi) is 4.81. The number of nitrogens with one attached hydrogen (secondary N) is 1. The van der Waals surface area contributed by atoms with E-state index in [1.165, 1.54) is 6.07 Å². The maximum atomic E-state index is 12.1. The summed E-state index contributed by atoms with van der Waals surface area (Å²) in [4.78, 5) is 0.196. The van der Waals surface area contributed by atoms with E-state index in [1.807, 2.05) is 37.3 Å². The number of hydrogen-bond acceptors (Lipinski definition) is 2. The Morgan fingerprint density at radius 2 is 1.80 bits per heavy atom. The summed E-state index contributed by atoms with van der Waals surface area (Å²) in [5.74, 6) is 0. The smallest absolute Gasteiger partial charge is 0.211 e. The lowest BCUT2D eigenvalue weighted by atomic mass is 10.2. The van der Waals surface area contributed by atoms with Crippen molar-refractivity contribution < 1.29 is 8.42 Å². The summed E-state index contributed by atoms with van der Waals surface area (Å²) in [6.07, 6.45) is 0.652. The molecular formula is C15H16ClNO2S. The second kappa shape index (κ2) is 6.39. The summed E-state index contributed by atoms with van der Waals surface area (Å²) in [5, 5.41) is 0.455. The lowest BCUT2D eigenvalue weighted by molar-refractivity contribution is 0.581. The lowest BCUT2D eigenvalue weighted by Crippen LogP contribution is -2.26. The van der Waals surface area contributed by atoms with E-state index in [9.17, 15) is 8.42 Å². The molecule has 0 saturated carbocycles. The van der Waals surface area contributed by atoms with E-state index in [0.717, 1.165) is 11.1 Å². The Hall–Kier alpha value is -1.36. The number of hydrogen-bond donors (Lipinski definition) is 1. The molecule has 0 bridgehead atoms. The highest BCUT2D eigenvalue weighted by molar-refractivity contribution is 7.89. The fourth-order valence-corrected chi connectivity index (χ4v) is 3.10. The zero-order chi connectivity index (χ0) is 14.6. The van der Waals surface area contributed by atoms with Crippen molar-refractivity contribution >= 4 is 21.6 Å². The molecule has 2 aromatic rings. The Morgan fingerprint density at radius 3 is 2.45 bits per heavy atom. The minimum absolute atomic E-state index is 0.196. The largest absolute Gasteiger partial charge is 0.240 e. The summed E-state index contributed by atoms with van der Waals surface area (Å²) in [7, 11) is -3.50. The average molecular weight is 310 g/mol. The summed E-state index contributed by atoms with van der Waals surface area (Å²) in [6.45, 7) is 2.19. The maximum absolute atomic E-state index is 12.1. The summed E-state index contributed by atoms with van der Waals surface area (Å²) >= 11 is 5.96. The van der Waals surface area contributed by atoms with Gasteiger partial charge in [-0.25, -0.2) is 13.1 Å². The molecule has 5 heteroatoms. The van der Waals surface area contributed by atoms with Gasteiger partial charge in [0.05, 0.1) is 4.90 Å². The van der Waals surface area contributed by atoms with Crippen LogP contribution in [0.3, 0.4) is 0 Å². The van der Waals surface area contributed by atoms with E-state index in [1.54, 1.807) is 12.1 Å². The molecule has 0 aliphatic heterocycles. The van der Waals surface area contributed by atoms with Gasteiger partial charge in [0, 0.05) is 11.6 Å². The molecule has 0 amide bonds. The van der Waals surface area contributed by atoms with E-state index in [2.05, 4.69) is 4.72 Å². The number of rotatable bonds is 5. The maximum Gasteiger partial charge on any atom is 0.240 e. The summed E-state index contributed by atoms with van der Waals surface area (Å²) < 4.78 is 26.8. The third-order valence-corrected chi connectivity index (χ3v) is 4.87. The van der Waals surface area contributed by atoms with Crippen LogP contribution in [-0.4, -0.2) is 15.0 Å². The first-order valence-electron chi connectivity index (χ1n) is 6.29. The van der Waals surface area contributed by atoms with Crippen LogP contribution in [0.4, 0.5) is 0 Å². The Labute approximate surface area is 124 Å². The third-order valence-electron chi connectivity index (χ3n) is 3.00. The first-order valence-corrected chi connectivity index (χ1v) is 8.15. The summed E-state index contributed by atoms with van der Waals surface area (Å²) in [5.41, 5.74) is 1.95. The van der Waals surface area contributed by atoms with Crippen LogP contribution in [0, 0.1) is 6.92 Å². The Balaban J connectivity index is 2.02. The number of sulfonamides is 1. The van der Waals surface area contributed by atoms with Gasteiger partial charge in [0.25, 0.3) is 0 Å². The van der Waals surface area contributed by atoms with Gasteiger partial charge in [-0.2, -0.15) is 0 Å². The van der Waals surface area contributed by atoms with E-state index in [-0.39, 0.29) is 4.90 Å². The molecule has 3 nitrogen and oxygen atoms in total. The van der Waals surface area contributed by atoms with Crippen LogP contribution in [0.2, 0.25) is 5.02 Å². The van der Waals surface area contributed by atoms with Crippen molar-refractivity contribution in [2.45, 2.75) is 18.2 Å². The molecule has 20 heavy (non-hydrogen) atoms. The Morgan fingerprint density at radius 1 is 1.10 bits per heavy atom. The molecule has 0 aliphatic carbocycles. The van der Waals surface area contributed by atoms with Gasteiger partial charge >= 0.3 is 0 Å². The van der Waals surface area contributed by atoms with Crippen molar-refractivity contribution in [2.24, 2.45) is 0 Å². The van der Waals surface area contributed by atoms with Crippen molar-refractivity contribution in [3.63, 3.8) is 0 Å². The molecule has 0 saturated heterocycles. The standard InChI is InChI=1S/C15H16ClNO2S/c1-12-7-8-14(11-15(12)16)20(18,19)17-10-9-13-5-3-2-4-6-13/h2-8,11,17H,9-10H2,1H3. The molecule has 0 atom stereocenters. The molecule has 0 radical (unpaired) electrons. The van der Waals surface area contributed by atoms with Gasteiger partial charge in [0.1, 0.15) is 0 Å². The van der Waals surface area contributed by atoms with Crippen LogP contribution in [0.1, 0.15) is 11.1 Å². The second-order valence-corrected chi connectivity index (χ2v) is 6.72. The fourth-order valence-electron chi connectivity index (χ4n) is 1.80. The highest BCUT2D eigenvalue weighted by atomic mass is 35.5. The normalized spacial score (nSPS) is 11.5. The molecule has 2 aromatic carbocycles. The van der Waals surface area contributed by atoms with Gasteiger partial charge in [-0.1, -0.05) is 48.0 Å². The van der Waals surface area contributed by atoms with Gasteiger partial charge in [-0.15, -0.1) is 0 Å². The number of halogens is 1.